The molecule has 0 aliphatic carbocycles. The first-order chi connectivity index (χ1) is 10.8. The van der Waals surface area contributed by atoms with Gasteiger partial charge in [0.1, 0.15) is 0 Å². The summed E-state index contributed by atoms with van der Waals surface area (Å²) in [6.07, 6.45) is 0.598. The predicted molar refractivity (Wildman–Crippen MR) is 87.3 cm³/mol. The van der Waals surface area contributed by atoms with E-state index in [4.69, 9.17) is 9.72 Å². The number of carbonyl (C=O) groups is 1. The molecule has 6 nitrogen and oxygen atoms in total. The molecule has 0 N–H and O–H groups in total. The van der Waals surface area contributed by atoms with Crippen LogP contribution >= 0.6 is 11.3 Å². The summed E-state index contributed by atoms with van der Waals surface area (Å²) in [5.74, 6) is 0.256. The molecule has 0 bridgehead atoms. The summed E-state index contributed by atoms with van der Waals surface area (Å²) >= 11 is 1.71. The molecule has 1 amide bonds. The van der Waals surface area contributed by atoms with Gasteiger partial charge in [-0.1, -0.05) is 6.92 Å². The quantitative estimate of drug-likeness (QED) is 0.828. The van der Waals surface area contributed by atoms with Gasteiger partial charge in [-0.15, -0.1) is 11.3 Å². The van der Waals surface area contributed by atoms with E-state index in [9.17, 15) is 4.79 Å². The Morgan fingerprint density at radius 2 is 1.95 bits per heavy atom. The molecular weight excluding hydrogens is 300 g/mol. The Hall–Kier alpha value is -1.18. The van der Waals surface area contributed by atoms with Gasteiger partial charge >= 0.3 is 0 Å². The highest BCUT2D eigenvalue weighted by Crippen LogP contribution is 2.23. The standard InChI is InChI=1S/C15H24N4O2S/c1-2-14(20)18-3-5-19(6-4-18)15-16-13(12-22-15)11-17-7-9-21-10-8-17/h12H,2-11H2,1H3. The summed E-state index contributed by atoms with van der Waals surface area (Å²) < 4.78 is 5.38. The second kappa shape index (κ2) is 7.39. The molecule has 0 unspecified atom stereocenters. The number of nitrogens with zero attached hydrogens (tertiary/aromatic N) is 4. The van der Waals surface area contributed by atoms with E-state index in [0.717, 1.165) is 69.9 Å². The number of aromatic nitrogens is 1. The number of piperazine rings is 1. The van der Waals surface area contributed by atoms with Gasteiger partial charge in [-0.25, -0.2) is 4.98 Å². The lowest BCUT2D eigenvalue weighted by Gasteiger charge is -2.34. The Balaban J connectivity index is 1.52. The van der Waals surface area contributed by atoms with E-state index < -0.39 is 0 Å². The third kappa shape index (κ3) is 3.77. The van der Waals surface area contributed by atoms with Crippen LogP contribution in [0.2, 0.25) is 0 Å². The number of hydrogen-bond donors (Lipinski definition) is 0. The molecule has 0 spiro atoms. The van der Waals surface area contributed by atoms with Crippen molar-refractivity contribution in [2.24, 2.45) is 0 Å². The second-order valence-electron chi connectivity index (χ2n) is 5.73. The molecule has 0 aromatic carbocycles. The van der Waals surface area contributed by atoms with Gasteiger partial charge in [-0.2, -0.15) is 0 Å². The molecule has 2 aliphatic rings. The van der Waals surface area contributed by atoms with Crippen molar-refractivity contribution in [3.05, 3.63) is 11.1 Å². The largest absolute Gasteiger partial charge is 0.379 e. The molecule has 0 atom stereocenters. The van der Waals surface area contributed by atoms with Crippen LogP contribution in [-0.2, 0) is 16.1 Å². The lowest BCUT2D eigenvalue weighted by Crippen LogP contribution is -2.48. The van der Waals surface area contributed by atoms with Crippen LogP contribution in [0.15, 0.2) is 5.38 Å². The van der Waals surface area contributed by atoms with Crippen molar-refractivity contribution in [1.29, 1.82) is 0 Å². The van der Waals surface area contributed by atoms with E-state index in [-0.39, 0.29) is 5.91 Å². The van der Waals surface area contributed by atoms with Crippen LogP contribution in [-0.4, -0.2) is 73.2 Å². The van der Waals surface area contributed by atoms with Crippen LogP contribution in [0, 0.1) is 0 Å². The first-order valence-electron chi connectivity index (χ1n) is 8.03. The number of carbonyl (C=O) groups excluding carboxylic acids is 1. The van der Waals surface area contributed by atoms with Crippen molar-refractivity contribution in [3.8, 4) is 0 Å². The van der Waals surface area contributed by atoms with E-state index in [1.165, 1.54) is 0 Å². The Bertz CT molecular complexity index is 493. The van der Waals surface area contributed by atoms with E-state index in [1.807, 2.05) is 11.8 Å². The summed E-state index contributed by atoms with van der Waals surface area (Å²) in [4.78, 5) is 23.1. The van der Waals surface area contributed by atoms with Crippen molar-refractivity contribution in [1.82, 2.24) is 14.8 Å². The van der Waals surface area contributed by atoms with Crippen molar-refractivity contribution < 1.29 is 9.53 Å². The van der Waals surface area contributed by atoms with Gasteiger partial charge in [0.05, 0.1) is 18.9 Å². The Morgan fingerprint density at radius 3 is 2.64 bits per heavy atom. The van der Waals surface area contributed by atoms with Crippen LogP contribution in [0.1, 0.15) is 19.0 Å². The molecule has 22 heavy (non-hydrogen) atoms. The number of amides is 1. The van der Waals surface area contributed by atoms with Gasteiger partial charge in [0, 0.05) is 57.6 Å². The highest BCUT2D eigenvalue weighted by molar-refractivity contribution is 7.13. The maximum Gasteiger partial charge on any atom is 0.222 e. The van der Waals surface area contributed by atoms with Crippen LogP contribution < -0.4 is 4.90 Å². The fourth-order valence-electron chi connectivity index (χ4n) is 2.87. The van der Waals surface area contributed by atoms with E-state index in [0.29, 0.717) is 6.42 Å². The number of ether oxygens (including phenoxy) is 1. The zero-order valence-corrected chi connectivity index (χ0v) is 14.0. The molecule has 1 aromatic rings. The lowest BCUT2D eigenvalue weighted by molar-refractivity contribution is -0.131. The number of thiazole rings is 1. The highest BCUT2D eigenvalue weighted by atomic mass is 32.1. The minimum Gasteiger partial charge on any atom is -0.379 e. The molecule has 7 heteroatoms. The maximum absolute atomic E-state index is 11.7. The van der Waals surface area contributed by atoms with Gasteiger partial charge < -0.3 is 14.5 Å². The monoisotopic (exact) mass is 324 g/mol. The fourth-order valence-corrected chi connectivity index (χ4v) is 3.74. The normalized spacial score (nSPS) is 20.4. The van der Waals surface area contributed by atoms with Gasteiger partial charge in [0.15, 0.2) is 5.13 Å². The fraction of sp³-hybridized carbons (Fsp3) is 0.733. The SMILES string of the molecule is CCC(=O)N1CCN(c2nc(CN3CCOCC3)cs2)CC1. The molecule has 2 saturated heterocycles. The van der Waals surface area contributed by atoms with Crippen LogP contribution in [0.3, 0.4) is 0 Å². The van der Waals surface area contributed by atoms with Gasteiger partial charge in [0.25, 0.3) is 0 Å². The number of morpholine rings is 1. The van der Waals surface area contributed by atoms with Crippen molar-refractivity contribution in [2.75, 3.05) is 57.4 Å². The average Bonchev–Trinajstić information content (AvgIpc) is 3.04. The van der Waals surface area contributed by atoms with Crippen molar-refractivity contribution in [2.45, 2.75) is 19.9 Å². The third-order valence-corrected chi connectivity index (χ3v) is 5.18. The summed E-state index contributed by atoms with van der Waals surface area (Å²) in [7, 11) is 0. The zero-order valence-electron chi connectivity index (χ0n) is 13.2. The summed E-state index contributed by atoms with van der Waals surface area (Å²) in [5.41, 5.74) is 1.15. The topological polar surface area (TPSA) is 48.9 Å². The summed E-state index contributed by atoms with van der Waals surface area (Å²) in [5, 5.41) is 3.25. The number of rotatable bonds is 4. The summed E-state index contributed by atoms with van der Waals surface area (Å²) in [6, 6.07) is 0. The second-order valence-corrected chi connectivity index (χ2v) is 6.57. The van der Waals surface area contributed by atoms with Crippen molar-refractivity contribution >= 4 is 22.4 Å². The maximum atomic E-state index is 11.7. The van der Waals surface area contributed by atoms with E-state index in [1.54, 1.807) is 11.3 Å². The molecule has 1 aromatic heterocycles. The molecule has 0 saturated carbocycles. The molecule has 122 valence electrons. The molecule has 2 fully saturated rings. The van der Waals surface area contributed by atoms with Crippen molar-refractivity contribution in [3.63, 3.8) is 0 Å². The number of hydrogen-bond acceptors (Lipinski definition) is 6. The van der Waals surface area contributed by atoms with Gasteiger partial charge in [0.2, 0.25) is 5.91 Å². The smallest absolute Gasteiger partial charge is 0.222 e. The minimum absolute atomic E-state index is 0.256. The first-order valence-corrected chi connectivity index (χ1v) is 8.91. The molecular formula is C15H24N4O2S. The summed E-state index contributed by atoms with van der Waals surface area (Å²) in [6.45, 7) is 9.86. The molecule has 2 aliphatic heterocycles. The van der Waals surface area contributed by atoms with E-state index >= 15 is 0 Å². The van der Waals surface area contributed by atoms with Gasteiger partial charge in [-0.3, -0.25) is 9.69 Å². The first kappa shape index (κ1) is 15.7. The lowest BCUT2D eigenvalue weighted by atomic mass is 10.3. The third-order valence-electron chi connectivity index (χ3n) is 4.23. The van der Waals surface area contributed by atoms with Gasteiger partial charge in [-0.05, 0) is 0 Å². The number of anilines is 1. The Morgan fingerprint density at radius 1 is 1.23 bits per heavy atom. The zero-order chi connectivity index (χ0) is 15.4. The van der Waals surface area contributed by atoms with Crippen LogP contribution in [0.25, 0.3) is 0 Å². The highest BCUT2D eigenvalue weighted by Gasteiger charge is 2.22. The average molecular weight is 324 g/mol. The molecule has 0 radical (unpaired) electrons. The molecule has 3 heterocycles. The van der Waals surface area contributed by atoms with E-state index in [2.05, 4.69) is 15.2 Å². The van der Waals surface area contributed by atoms with Crippen LogP contribution in [0.4, 0.5) is 5.13 Å². The molecule has 3 rings (SSSR count). The Labute approximate surface area is 135 Å². The predicted octanol–water partition coefficient (Wildman–Crippen LogP) is 1.03. The van der Waals surface area contributed by atoms with Crippen LogP contribution in [0.5, 0.6) is 0 Å². The minimum atomic E-state index is 0.256. The Kier molecular flexibility index (Phi) is 5.28.